The molecule has 1 saturated heterocycles. The molecule has 1 aliphatic carbocycles. The van der Waals surface area contributed by atoms with Gasteiger partial charge in [0.15, 0.2) is 0 Å². The number of halogens is 3. The molecule has 1 N–H and O–H groups in total. The number of nitrogens with zero attached hydrogens (tertiary/aromatic N) is 1. The first kappa shape index (κ1) is 22.1. The van der Waals surface area contributed by atoms with Gasteiger partial charge in [0, 0.05) is 26.1 Å². The molecule has 29 heavy (non-hydrogen) atoms. The van der Waals surface area contributed by atoms with E-state index >= 15 is 0 Å². The highest BCUT2D eigenvalue weighted by molar-refractivity contribution is 5.67. The fourth-order valence-corrected chi connectivity index (χ4v) is 5.23. The highest BCUT2D eigenvalue weighted by atomic mass is 19.4. The summed E-state index contributed by atoms with van der Waals surface area (Å²) in [5.74, 6) is 0.483. The van der Waals surface area contributed by atoms with E-state index in [9.17, 15) is 23.1 Å². The van der Waals surface area contributed by atoms with Crippen LogP contribution in [0.15, 0.2) is 24.3 Å². The predicted molar refractivity (Wildman–Crippen MR) is 106 cm³/mol. The fourth-order valence-electron chi connectivity index (χ4n) is 5.23. The molecule has 1 saturated carbocycles. The van der Waals surface area contributed by atoms with Crippen LogP contribution in [0.4, 0.5) is 13.2 Å². The average molecular weight is 412 g/mol. The largest absolute Gasteiger partial charge is 0.481 e. The molecule has 6 heteroatoms. The van der Waals surface area contributed by atoms with Crippen LogP contribution < -0.4 is 0 Å². The minimum Gasteiger partial charge on any atom is -0.481 e. The second-order valence-corrected chi connectivity index (χ2v) is 8.95. The van der Waals surface area contributed by atoms with E-state index in [1.165, 1.54) is 44.9 Å². The van der Waals surface area contributed by atoms with Gasteiger partial charge in [-0.05, 0) is 41.9 Å². The molecule has 0 radical (unpaired) electrons. The second kappa shape index (κ2) is 9.96. The van der Waals surface area contributed by atoms with Crippen LogP contribution in [-0.2, 0) is 17.5 Å². The summed E-state index contributed by atoms with van der Waals surface area (Å²) in [6, 6.07) is 5.38. The van der Waals surface area contributed by atoms with Crippen LogP contribution >= 0.6 is 0 Å². The van der Waals surface area contributed by atoms with E-state index in [1.54, 1.807) is 12.1 Å². The van der Waals surface area contributed by atoms with E-state index in [0.717, 1.165) is 30.7 Å². The zero-order valence-electron chi connectivity index (χ0n) is 17.0. The topological polar surface area (TPSA) is 40.5 Å². The molecule has 1 aromatic rings. The molecule has 3 rings (SSSR count). The normalized spacial score (nSPS) is 25.3. The predicted octanol–water partition coefficient (Wildman–Crippen LogP) is 5.98. The number of likely N-dealkylation sites (tertiary alicyclic amines) is 1. The van der Waals surface area contributed by atoms with Crippen molar-refractivity contribution in [3.05, 3.63) is 35.4 Å². The summed E-state index contributed by atoms with van der Waals surface area (Å²) in [5, 5.41) is 9.30. The summed E-state index contributed by atoms with van der Waals surface area (Å²) in [7, 11) is 0. The Morgan fingerprint density at radius 1 is 0.966 bits per heavy atom. The number of rotatable bonds is 5. The van der Waals surface area contributed by atoms with E-state index in [4.69, 9.17) is 0 Å². The Morgan fingerprint density at radius 3 is 2.17 bits per heavy atom. The van der Waals surface area contributed by atoms with Crippen molar-refractivity contribution < 1.29 is 23.1 Å². The average Bonchev–Trinajstić information content (AvgIpc) is 2.60. The van der Waals surface area contributed by atoms with Crippen LogP contribution in [0.3, 0.4) is 0 Å². The lowest BCUT2D eigenvalue weighted by Gasteiger charge is -2.41. The zero-order chi connectivity index (χ0) is 20.9. The van der Waals surface area contributed by atoms with Crippen molar-refractivity contribution in [2.24, 2.45) is 17.8 Å². The Bertz CT molecular complexity index is 651. The molecular formula is C23H32F3NO2. The number of alkyl halides is 3. The summed E-state index contributed by atoms with van der Waals surface area (Å²) in [5.41, 5.74) is 0.224. The number of benzene rings is 1. The first-order valence-electron chi connectivity index (χ1n) is 10.9. The first-order valence-corrected chi connectivity index (χ1v) is 10.9. The molecule has 1 heterocycles. The Balaban J connectivity index is 1.68. The van der Waals surface area contributed by atoms with Gasteiger partial charge in [0.1, 0.15) is 0 Å². The van der Waals surface area contributed by atoms with E-state index in [0.29, 0.717) is 24.9 Å². The highest BCUT2D eigenvalue weighted by Gasteiger charge is 2.33. The summed E-state index contributed by atoms with van der Waals surface area (Å²) in [6.45, 7) is 2.20. The lowest BCUT2D eigenvalue weighted by molar-refractivity contribution is -0.139. The third-order valence-corrected chi connectivity index (χ3v) is 6.61. The van der Waals surface area contributed by atoms with Gasteiger partial charge in [-0.25, -0.2) is 0 Å². The number of piperidine rings is 1. The molecular weight excluding hydrogens is 379 g/mol. The zero-order valence-corrected chi connectivity index (χ0v) is 17.0. The van der Waals surface area contributed by atoms with Crippen LogP contribution in [0.1, 0.15) is 68.9 Å². The minimum atomic E-state index is -4.32. The molecule has 162 valence electrons. The van der Waals surface area contributed by atoms with Crippen LogP contribution in [0.2, 0.25) is 0 Å². The monoisotopic (exact) mass is 411 g/mol. The van der Waals surface area contributed by atoms with Gasteiger partial charge in [-0.3, -0.25) is 9.69 Å². The maximum atomic E-state index is 12.8. The Hall–Kier alpha value is -1.56. The molecule has 3 nitrogen and oxygen atoms in total. The highest BCUT2D eigenvalue weighted by Crippen LogP contribution is 2.37. The van der Waals surface area contributed by atoms with E-state index in [-0.39, 0.29) is 12.3 Å². The minimum absolute atomic E-state index is 0.117. The van der Waals surface area contributed by atoms with Crippen LogP contribution in [0.5, 0.6) is 0 Å². The molecule has 1 aliphatic heterocycles. The molecule has 0 spiro atoms. The Kier molecular flexibility index (Phi) is 7.60. The lowest BCUT2D eigenvalue weighted by Crippen LogP contribution is -2.43. The third-order valence-electron chi connectivity index (χ3n) is 6.61. The van der Waals surface area contributed by atoms with Crippen molar-refractivity contribution in [1.82, 2.24) is 4.90 Å². The third kappa shape index (κ3) is 6.73. The van der Waals surface area contributed by atoms with Crippen LogP contribution in [-0.4, -0.2) is 29.1 Å². The number of carbonyl (C=O) groups is 1. The van der Waals surface area contributed by atoms with Crippen molar-refractivity contribution in [2.45, 2.75) is 70.5 Å². The van der Waals surface area contributed by atoms with Gasteiger partial charge in [-0.2, -0.15) is 13.2 Å². The van der Waals surface area contributed by atoms with Gasteiger partial charge >= 0.3 is 12.1 Å². The summed E-state index contributed by atoms with van der Waals surface area (Å²) < 4.78 is 38.4. The summed E-state index contributed by atoms with van der Waals surface area (Å²) in [4.78, 5) is 13.6. The molecule has 0 amide bonds. The van der Waals surface area contributed by atoms with E-state index in [2.05, 4.69) is 4.90 Å². The van der Waals surface area contributed by atoms with E-state index < -0.39 is 17.7 Å². The quantitative estimate of drug-likeness (QED) is 0.648. The summed E-state index contributed by atoms with van der Waals surface area (Å²) >= 11 is 0. The summed E-state index contributed by atoms with van der Waals surface area (Å²) in [6.07, 6.45) is 5.66. The number of hydrogen-bond acceptors (Lipinski definition) is 2. The maximum Gasteiger partial charge on any atom is 0.416 e. The van der Waals surface area contributed by atoms with Crippen molar-refractivity contribution in [3.8, 4) is 0 Å². The molecule has 2 atom stereocenters. The molecule has 0 aromatic heterocycles. The van der Waals surface area contributed by atoms with E-state index in [1.807, 2.05) is 0 Å². The van der Waals surface area contributed by atoms with Crippen molar-refractivity contribution in [2.75, 3.05) is 13.1 Å². The SMILES string of the molecule is O=C(O)CC1CC(C2CCCCCCC2)CN(Cc2ccc(C(F)(F)F)cc2)C1. The van der Waals surface area contributed by atoms with Gasteiger partial charge in [-0.1, -0.05) is 57.1 Å². The van der Waals surface area contributed by atoms with Gasteiger partial charge in [0.05, 0.1) is 5.56 Å². The fraction of sp³-hybridized carbons (Fsp3) is 0.696. The number of hydrogen-bond donors (Lipinski definition) is 1. The number of carboxylic acid groups (broad SMARTS) is 1. The molecule has 0 bridgehead atoms. The smallest absolute Gasteiger partial charge is 0.416 e. The molecule has 2 fully saturated rings. The van der Waals surface area contributed by atoms with Crippen LogP contribution in [0, 0.1) is 17.8 Å². The Labute approximate surface area is 171 Å². The molecule has 1 aromatic carbocycles. The molecule has 2 unspecified atom stereocenters. The second-order valence-electron chi connectivity index (χ2n) is 8.95. The Morgan fingerprint density at radius 2 is 1.59 bits per heavy atom. The van der Waals surface area contributed by atoms with Gasteiger partial charge in [-0.15, -0.1) is 0 Å². The van der Waals surface area contributed by atoms with Gasteiger partial charge < -0.3 is 5.11 Å². The van der Waals surface area contributed by atoms with Gasteiger partial charge in [0.25, 0.3) is 0 Å². The van der Waals surface area contributed by atoms with Gasteiger partial charge in [0.2, 0.25) is 0 Å². The maximum absolute atomic E-state index is 12.8. The van der Waals surface area contributed by atoms with Crippen molar-refractivity contribution in [1.29, 1.82) is 0 Å². The lowest BCUT2D eigenvalue weighted by atomic mass is 9.74. The van der Waals surface area contributed by atoms with Crippen molar-refractivity contribution in [3.63, 3.8) is 0 Å². The first-order chi connectivity index (χ1) is 13.8. The number of aliphatic carboxylic acids is 1. The van der Waals surface area contributed by atoms with Crippen molar-refractivity contribution >= 4 is 5.97 Å². The molecule has 2 aliphatic rings. The number of carboxylic acids is 1. The van der Waals surface area contributed by atoms with Crippen LogP contribution in [0.25, 0.3) is 0 Å². The standard InChI is InChI=1S/C23H32F3NO2/c24-23(25,26)21-10-8-17(9-11-21)14-27-15-18(13-22(28)29)12-20(16-27)19-6-4-2-1-3-5-7-19/h8-11,18-20H,1-7,12-16H2,(H,28,29).